The SMILES string of the molecule is COc1ccc(CCN2C(=O)C(c3ccc(F)cc3)=C(N3CCc4ccccc43)C2=O)cc1. The summed E-state index contributed by atoms with van der Waals surface area (Å²) in [7, 11) is 1.61. The summed E-state index contributed by atoms with van der Waals surface area (Å²) >= 11 is 0. The average molecular weight is 442 g/mol. The molecule has 2 heterocycles. The van der Waals surface area contributed by atoms with E-state index in [1.165, 1.54) is 17.0 Å². The molecule has 2 amide bonds. The molecule has 0 fully saturated rings. The van der Waals surface area contributed by atoms with Crippen LogP contribution in [0.1, 0.15) is 16.7 Å². The fourth-order valence-corrected chi connectivity index (χ4v) is 4.50. The number of benzene rings is 3. The highest BCUT2D eigenvalue weighted by Crippen LogP contribution is 2.38. The quantitative estimate of drug-likeness (QED) is 0.537. The molecule has 0 spiro atoms. The van der Waals surface area contributed by atoms with E-state index in [2.05, 4.69) is 0 Å². The van der Waals surface area contributed by atoms with Gasteiger partial charge in [0.15, 0.2) is 0 Å². The Kier molecular flexibility index (Phi) is 5.42. The largest absolute Gasteiger partial charge is 0.497 e. The molecule has 3 aromatic carbocycles. The number of ether oxygens (including phenoxy) is 1. The van der Waals surface area contributed by atoms with Gasteiger partial charge >= 0.3 is 0 Å². The maximum atomic E-state index is 13.6. The molecule has 33 heavy (non-hydrogen) atoms. The van der Waals surface area contributed by atoms with Gasteiger partial charge < -0.3 is 9.64 Å². The fourth-order valence-electron chi connectivity index (χ4n) is 4.50. The van der Waals surface area contributed by atoms with Gasteiger partial charge in [-0.25, -0.2) is 4.39 Å². The molecule has 0 bridgehead atoms. The van der Waals surface area contributed by atoms with E-state index in [1.54, 1.807) is 19.2 Å². The highest BCUT2D eigenvalue weighted by atomic mass is 19.1. The van der Waals surface area contributed by atoms with Gasteiger partial charge in [0.05, 0.1) is 12.7 Å². The van der Waals surface area contributed by atoms with Crippen molar-refractivity contribution in [2.45, 2.75) is 12.8 Å². The summed E-state index contributed by atoms with van der Waals surface area (Å²) in [6, 6.07) is 21.2. The van der Waals surface area contributed by atoms with Gasteiger partial charge in [-0.1, -0.05) is 42.5 Å². The highest BCUT2D eigenvalue weighted by molar-refractivity contribution is 6.36. The topological polar surface area (TPSA) is 49.9 Å². The van der Waals surface area contributed by atoms with Gasteiger partial charge in [0.2, 0.25) is 0 Å². The van der Waals surface area contributed by atoms with E-state index < -0.39 is 0 Å². The van der Waals surface area contributed by atoms with Crippen LogP contribution < -0.4 is 9.64 Å². The molecule has 5 rings (SSSR count). The van der Waals surface area contributed by atoms with E-state index in [0.29, 0.717) is 29.8 Å². The first-order valence-electron chi connectivity index (χ1n) is 10.9. The summed E-state index contributed by atoms with van der Waals surface area (Å²) in [5, 5.41) is 0. The van der Waals surface area contributed by atoms with Gasteiger partial charge in [-0.05, 0) is 59.9 Å². The minimum atomic E-state index is -0.388. The van der Waals surface area contributed by atoms with Crippen molar-refractivity contribution >= 4 is 23.1 Å². The van der Waals surface area contributed by atoms with Crippen LogP contribution in [0.2, 0.25) is 0 Å². The van der Waals surface area contributed by atoms with Crippen LogP contribution in [0.25, 0.3) is 5.57 Å². The number of rotatable bonds is 6. The summed E-state index contributed by atoms with van der Waals surface area (Å²) in [6.07, 6.45) is 1.33. The molecule has 5 nitrogen and oxygen atoms in total. The predicted molar refractivity (Wildman–Crippen MR) is 124 cm³/mol. The molecule has 0 aromatic heterocycles. The van der Waals surface area contributed by atoms with Gasteiger partial charge in [0.25, 0.3) is 11.8 Å². The summed E-state index contributed by atoms with van der Waals surface area (Å²) in [6.45, 7) is 0.873. The van der Waals surface area contributed by atoms with Crippen molar-refractivity contribution in [1.82, 2.24) is 4.90 Å². The van der Waals surface area contributed by atoms with E-state index in [1.807, 2.05) is 53.4 Å². The molecule has 2 aliphatic rings. The number of methoxy groups -OCH3 is 1. The van der Waals surface area contributed by atoms with Crippen molar-refractivity contribution < 1.29 is 18.7 Å². The third-order valence-electron chi connectivity index (χ3n) is 6.22. The summed E-state index contributed by atoms with van der Waals surface area (Å²) < 4.78 is 18.8. The summed E-state index contributed by atoms with van der Waals surface area (Å²) in [5.41, 5.74) is 4.31. The highest BCUT2D eigenvalue weighted by Gasteiger charge is 2.43. The smallest absolute Gasteiger partial charge is 0.278 e. The third-order valence-corrected chi connectivity index (χ3v) is 6.22. The van der Waals surface area contributed by atoms with Gasteiger partial charge in [-0.2, -0.15) is 0 Å². The molecule has 0 atom stereocenters. The van der Waals surface area contributed by atoms with Gasteiger partial charge in [0, 0.05) is 18.8 Å². The lowest BCUT2D eigenvalue weighted by atomic mass is 10.0. The van der Waals surface area contributed by atoms with Crippen LogP contribution in [0.15, 0.2) is 78.5 Å². The van der Waals surface area contributed by atoms with Crippen LogP contribution >= 0.6 is 0 Å². The fraction of sp³-hybridized carbons (Fsp3) is 0.185. The minimum absolute atomic E-state index is 0.258. The van der Waals surface area contributed by atoms with Gasteiger partial charge in [-0.3, -0.25) is 14.5 Å². The van der Waals surface area contributed by atoms with Crippen molar-refractivity contribution in [3.05, 3.63) is 101 Å². The molecular weight excluding hydrogens is 419 g/mol. The number of imide groups is 1. The number of nitrogens with zero attached hydrogens (tertiary/aromatic N) is 2. The van der Waals surface area contributed by atoms with E-state index in [4.69, 9.17) is 4.74 Å². The Hall–Kier alpha value is -3.93. The second-order valence-corrected chi connectivity index (χ2v) is 8.12. The number of amides is 2. The maximum Gasteiger partial charge on any atom is 0.278 e. The Bertz CT molecular complexity index is 1250. The molecule has 0 aliphatic carbocycles. The lowest BCUT2D eigenvalue weighted by Gasteiger charge is -2.22. The number of carbonyl (C=O) groups is 2. The Morgan fingerprint density at radius 3 is 2.36 bits per heavy atom. The maximum absolute atomic E-state index is 13.6. The second-order valence-electron chi connectivity index (χ2n) is 8.12. The first-order chi connectivity index (χ1) is 16.1. The summed E-state index contributed by atoms with van der Waals surface area (Å²) in [4.78, 5) is 30.3. The van der Waals surface area contributed by atoms with E-state index in [-0.39, 0.29) is 24.2 Å². The second kappa shape index (κ2) is 8.54. The number of carbonyl (C=O) groups excluding carboxylic acids is 2. The molecule has 0 radical (unpaired) electrons. The normalized spacial score (nSPS) is 15.5. The average Bonchev–Trinajstić information content (AvgIpc) is 3.37. The van der Waals surface area contributed by atoms with Crippen LogP contribution in [0.4, 0.5) is 10.1 Å². The van der Waals surface area contributed by atoms with Crippen molar-refractivity contribution in [3.63, 3.8) is 0 Å². The molecule has 6 heteroatoms. The Morgan fingerprint density at radius 2 is 1.64 bits per heavy atom. The van der Waals surface area contributed by atoms with Crippen LogP contribution in [0.3, 0.4) is 0 Å². The summed E-state index contributed by atoms with van der Waals surface area (Å²) in [5.74, 6) is -0.299. The van der Waals surface area contributed by atoms with Crippen LogP contribution in [0.5, 0.6) is 5.75 Å². The third kappa shape index (κ3) is 3.78. The van der Waals surface area contributed by atoms with E-state index in [9.17, 15) is 14.0 Å². The minimum Gasteiger partial charge on any atom is -0.497 e. The zero-order valence-corrected chi connectivity index (χ0v) is 18.3. The molecular formula is C27H23FN2O3. The monoisotopic (exact) mass is 442 g/mol. The lowest BCUT2D eigenvalue weighted by Crippen LogP contribution is -2.36. The number of hydrogen-bond acceptors (Lipinski definition) is 4. The van der Waals surface area contributed by atoms with Crippen LogP contribution in [0, 0.1) is 5.82 Å². The molecule has 0 unspecified atom stereocenters. The van der Waals surface area contributed by atoms with Crippen LogP contribution in [-0.2, 0) is 22.4 Å². The lowest BCUT2D eigenvalue weighted by molar-refractivity contribution is -0.136. The van der Waals surface area contributed by atoms with E-state index >= 15 is 0 Å². The number of fused-ring (bicyclic) bond motifs is 1. The van der Waals surface area contributed by atoms with Gasteiger partial charge in [0.1, 0.15) is 17.3 Å². The van der Waals surface area contributed by atoms with Crippen molar-refractivity contribution in [1.29, 1.82) is 0 Å². The van der Waals surface area contributed by atoms with Crippen molar-refractivity contribution in [2.75, 3.05) is 25.1 Å². The molecule has 166 valence electrons. The number of halogens is 1. The molecule has 0 saturated carbocycles. The predicted octanol–water partition coefficient (Wildman–Crippen LogP) is 4.22. The molecule has 2 aliphatic heterocycles. The standard InChI is InChI=1S/C27H23FN2O3/c1-33-22-12-6-18(7-13-22)14-16-30-26(31)24(20-8-10-21(28)11-9-20)25(27(30)32)29-17-15-19-4-2-3-5-23(19)29/h2-13H,14-17H2,1H3. The van der Waals surface area contributed by atoms with Crippen molar-refractivity contribution in [3.8, 4) is 5.75 Å². The van der Waals surface area contributed by atoms with Crippen LogP contribution in [-0.4, -0.2) is 36.9 Å². The first-order valence-corrected chi connectivity index (χ1v) is 10.9. The molecule has 3 aromatic rings. The number of para-hydroxylation sites is 1. The first kappa shape index (κ1) is 20.9. The number of hydrogen-bond donors (Lipinski definition) is 0. The Balaban J connectivity index is 1.49. The Morgan fingerprint density at radius 1 is 0.909 bits per heavy atom. The van der Waals surface area contributed by atoms with Crippen molar-refractivity contribution in [2.24, 2.45) is 0 Å². The Labute approximate surface area is 191 Å². The molecule has 0 saturated heterocycles. The number of anilines is 1. The van der Waals surface area contributed by atoms with E-state index in [0.717, 1.165) is 29.0 Å². The zero-order chi connectivity index (χ0) is 22.9. The molecule has 0 N–H and O–H groups in total. The zero-order valence-electron chi connectivity index (χ0n) is 18.3. The van der Waals surface area contributed by atoms with Gasteiger partial charge in [-0.15, -0.1) is 0 Å².